The van der Waals surface area contributed by atoms with Gasteiger partial charge in [-0.15, -0.1) is 0 Å². The maximum absolute atomic E-state index is 13.7. The number of anilines is 1. The minimum Gasteiger partial charge on any atom is -0.350 e. The Hall–Kier alpha value is -2.11. The SMILES string of the molecule is CC(=O)N(CCNC(=O)c1c(F)cccc1Cl)c1ccc(Cl)cc1C. The van der Waals surface area contributed by atoms with Gasteiger partial charge in [-0.1, -0.05) is 29.3 Å². The number of rotatable bonds is 5. The van der Waals surface area contributed by atoms with Crippen molar-refractivity contribution in [3.8, 4) is 0 Å². The van der Waals surface area contributed by atoms with Crippen molar-refractivity contribution in [2.75, 3.05) is 18.0 Å². The van der Waals surface area contributed by atoms with Crippen molar-refractivity contribution in [2.45, 2.75) is 13.8 Å². The Morgan fingerprint density at radius 2 is 1.92 bits per heavy atom. The van der Waals surface area contributed by atoms with Crippen molar-refractivity contribution in [1.82, 2.24) is 5.32 Å². The van der Waals surface area contributed by atoms with E-state index in [0.29, 0.717) is 10.7 Å². The van der Waals surface area contributed by atoms with E-state index in [1.54, 1.807) is 18.2 Å². The molecular formula is C18H17Cl2FN2O2. The van der Waals surface area contributed by atoms with E-state index in [-0.39, 0.29) is 29.6 Å². The van der Waals surface area contributed by atoms with Crippen molar-refractivity contribution in [1.29, 1.82) is 0 Å². The first-order valence-electron chi connectivity index (χ1n) is 7.57. The van der Waals surface area contributed by atoms with E-state index in [4.69, 9.17) is 23.2 Å². The summed E-state index contributed by atoms with van der Waals surface area (Å²) in [6.45, 7) is 3.65. The third-order valence-corrected chi connectivity index (χ3v) is 4.19. The van der Waals surface area contributed by atoms with Gasteiger partial charge in [-0.2, -0.15) is 0 Å². The lowest BCUT2D eigenvalue weighted by molar-refractivity contribution is -0.116. The van der Waals surface area contributed by atoms with Gasteiger partial charge in [-0.05, 0) is 42.8 Å². The molecule has 2 rings (SSSR count). The predicted octanol–water partition coefficient (Wildman–Crippen LogP) is 4.22. The minimum absolute atomic E-state index is 0.0365. The molecule has 2 aromatic rings. The number of nitrogens with zero attached hydrogens (tertiary/aromatic N) is 1. The topological polar surface area (TPSA) is 49.4 Å². The molecule has 7 heteroatoms. The summed E-state index contributed by atoms with van der Waals surface area (Å²) in [6.07, 6.45) is 0. The molecular weight excluding hydrogens is 366 g/mol. The molecule has 2 aromatic carbocycles. The van der Waals surface area contributed by atoms with Gasteiger partial charge in [0.05, 0.1) is 10.6 Å². The van der Waals surface area contributed by atoms with Crippen LogP contribution in [-0.4, -0.2) is 24.9 Å². The monoisotopic (exact) mass is 382 g/mol. The van der Waals surface area contributed by atoms with Crippen LogP contribution >= 0.6 is 23.2 Å². The van der Waals surface area contributed by atoms with Crippen LogP contribution in [0.5, 0.6) is 0 Å². The molecule has 0 aliphatic carbocycles. The summed E-state index contributed by atoms with van der Waals surface area (Å²) in [4.78, 5) is 25.6. The molecule has 0 fully saturated rings. The summed E-state index contributed by atoms with van der Waals surface area (Å²) in [5, 5.41) is 3.20. The Bertz CT molecular complexity index is 791. The van der Waals surface area contributed by atoms with Gasteiger partial charge in [-0.25, -0.2) is 4.39 Å². The van der Waals surface area contributed by atoms with E-state index < -0.39 is 11.7 Å². The lowest BCUT2D eigenvalue weighted by Crippen LogP contribution is -2.38. The molecule has 0 saturated carbocycles. The van der Waals surface area contributed by atoms with Crippen LogP contribution in [0.2, 0.25) is 10.0 Å². The molecule has 0 spiro atoms. The van der Waals surface area contributed by atoms with Crippen LogP contribution in [0, 0.1) is 12.7 Å². The maximum Gasteiger partial charge on any atom is 0.255 e. The molecule has 0 radical (unpaired) electrons. The molecule has 0 heterocycles. The van der Waals surface area contributed by atoms with Crippen molar-refractivity contribution < 1.29 is 14.0 Å². The number of amides is 2. The highest BCUT2D eigenvalue weighted by atomic mass is 35.5. The second kappa shape index (κ2) is 8.32. The first-order chi connectivity index (χ1) is 11.8. The van der Waals surface area contributed by atoms with Crippen LogP contribution in [0.1, 0.15) is 22.8 Å². The van der Waals surface area contributed by atoms with E-state index in [2.05, 4.69) is 5.32 Å². The van der Waals surface area contributed by atoms with Crippen molar-refractivity contribution in [2.24, 2.45) is 0 Å². The van der Waals surface area contributed by atoms with E-state index >= 15 is 0 Å². The summed E-state index contributed by atoms with van der Waals surface area (Å²) in [7, 11) is 0. The van der Waals surface area contributed by atoms with Gasteiger partial charge in [0.15, 0.2) is 0 Å². The highest BCUT2D eigenvalue weighted by molar-refractivity contribution is 6.33. The Labute approximate surface area is 155 Å². The number of hydrogen-bond acceptors (Lipinski definition) is 2. The third-order valence-electron chi connectivity index (χ3n) is 3.64. The van der Waals surface area contributed by atoms with Crippen LogP contribution in [0.15, 0.2) is 36.4 Å². The van der Waals surface area contributed by atoms with Gasteiger partial charge in [0.25, 0.3) is 5.91 Å². The molecule has 0 aromatic heterocycles. The highest BCUT2D eigenvalue weighted by Crippen LogP contribution is 2.23. The number of nitrogens with one attached hydrogen (secondary N) is 1. The van der Waals surface area contributed by atoms with Gasteiger partial charge >= 0.3 is 0 Å². The number of benzene rings is 2. The summed E-state index contributed by atoms with van der Waals surface area (Å²) in [6, 6.07) is 9.23. The highest BCUT2D eigenvalue weighted by Gasteiger charge is 2.17. The first kappa shape index (κ1) is 19.2. The molecule has 25 heavy (non-hydrogen) atoms. The van der Waals surface area contributed by atoms with Gasteiger partial charge < -0.3 is 10.2 Å². The zero-order valence-corrected chi connectivity index (χ0v) is 15.3. The van der Waals surface area contributed by atoms with Crippen LogP contribution in [-0.2, 0) is 4.79 Å². The summed E-state index contributed by atoms with van der Waals surface area (Å²) in [5.41, 5.74) is 1.34. The number of hydrogen-bond donors (Lipinski definition) is 1. The van der Waals surface area contributed by atoms with Gasteiger partial charge in [0.1, 0.15) is 5.82 Å². The first-order valence-corrected chi connectivity index (χ1v) is 8.33. The quantitative estimate of drug-likeness (QED) is 0.841. The lowest BCUT2D eigenvalue weighted by atomic mass is 10.1. The summed E-state index contributed by atoms with van der Waals surface area (Å²) < 4.78 is 13.7. The molecule has 0 saturated heterocycles. The number of carbonyl (C=O) groups excluding carboxylic acids is 2. The Kier molecular flexibility index (Phi) is 6.39. The number of halogens is 3. The van der Waals surface area contributed by atoms with Crippen molar-refractivity contribution in [3.63, 3.8) is 0 Å². The molecule has 0 bridgehead atoms. The van der Waals surface area contributed by atoms with Crippen LogP contribution in [0.4, 0.5) is 10.1 Å². The average Bonchev–Trinajstić information content (AvgIpc) is 2.52. The van der Waals surface area contributed by atoms with E-state index in [9.17, 15) is 14.0 Å². The van der Waals surface area contributed by atoms with Crippen molar-refractivity contribution in [3.05, 3.63) is 63.4 Å². The second-order valence-electron chi connectivity index (χ2n) is 5.45. The molecule has 1 N–H and O–H groups in total. The van der Waals surface area contributed by atoms with Gasteiger partial charge in [0.2, 0.25) is 5.91 Å². The fourth-order valence-corrected chi connectivity index (χ4v) is 2.93. The molecule has 4 nitrogen and oxygen atoms in total. The molecule has 2 amide bonds. The maximum atomic E-state index is 13.7. The molecule has 0 aliphatic heterocycles. The zero-order chi connectivity index (χ0) is 18.6. The number of aryl methyl sites for hydroxylation is 1. The standard InChI is InChI=1S/C18H17Cl2FN2O2/c1-11-10-13(19)6-7-16(11)23(12(2)24)9-8-22-18(25)17-14(20)4-3-5-15(17)21/h3-7,10H,8-9H2,1-2H3,(H,22,25). The van der Waals surface area contributed by atoms with Crippen LogP contribution in [0.25, 0.3) is 0 Å². The fourth-order valence-electron chi connectivity index (χ4n) is 2.45. The second-order valence-corrected chi connectivity index (χ2v) is 6.30. The van der Waals surface area contributed by atoms with Crippen molar-refractivity contribution >= 4 is 40.7 Å². The summed E-state index contributed by atoms with van der Waals surface area (Å²) in [5.74, 6) is -1.50. The van der Waals surface area contributed by atoms with Gasteiger partial charge in [0, 0.05) is 30.7 Å². The smallest absolute Gasteiger partial charge is 0.255 e. The summed E-state index contributed by atoms with van der Waals surface area (Å²) >= 11 is 11.8. The largest absolute Gasteiger partial charge is 0.350 e. The zero-order valence-electron chi connectivity index (χ0n) is 13.8. The predicted molar refractivity (Wildman–Crippen MR) is 98.0 cm³/mol. The molecule has 0 unspecified atom stereocenters. The Morgan fingerprint density at radius 1 is 1.20 bits per heavy atom. The lowest BCUT2D eigenvalue weighted by Gasteiger charge is -2.23. The normalized spacial score (nSPS) is 10.4. The number of carbonyl (C=O) groups is 2. The average molecular weight is 383 g/mol. The molecule has 0 aliphatic rings. The Morgan fingerprint density at radius 3 is 2.52 bits per heavy atom. The van der Waals surface area contributed by atoms with Crippen LogP contribution < -0.4 is 10.2 Å². The third kappa shape index (κ3) is 4.71. The van der Waals surface area contributed by atoms with E-state index in [1.807, 2.05) is 6.92 Å². The van der Waals surface area contributed by atoms with E-state index in [1.165, 1.54) is 30.0 Å². The fraction of sp³-hybridized carbons (Fsp3) is 0.222. The minimum atomic E-state index is -0.693. The van der Waals surface area contributed by atoms with E-state index in [0.717, 1.165) is 5.56 Å². The van der Waals surface area contributed by atoms with Crippen LogP contribution in [0.3, 0.4) is 0 Å². The molecule has 0 atom stereocenters. The Balaban J connectivity index is 2.07. The molecule has 132 valence electrons. The van der Waals surface area contributed by atoms with Gasteiger partial charge in [-0.3, -0.25) is 9.59 Å².